The average molecular weight is 512 g/mol. The Kier molecular flexibility index (Phi) is 6.50. The molecule has 0 atom stereocenters. The Morgan fingerprint density at radius 3 is 2.83 bits per heavy atom. The number of halogens is 1. The summed E-state index contributed by atoms with van der Waals surface area (Å²) in [5, 5.41) is 27.4. The van der Waals surface area contributed by atoms with Gasteiger partial charge in [-0.2, -0.15) is 10.4 Å². The maximum Gasteiger partial charge on any atom is 0.271 e. The summed E-state index contributed by atoms with van der Waals surface area (Å²) in [7, 11) is 0. The Morgan fingerprint density at radius 2 is 2.03 bits per heavy atom. The second-order valence-corrected chi connectivity index (χ2v) is 9.21. The molecule has 176 valence electrons. The van der Waals surface area contributed by atoms with Gasteiger partial charge < -0.3 is 9.67 Å². The second-order valence-electron chi connectivity index (χ2n) is 7.92. The molecule has 0 saturated heterocycles. The predicted octanol–water partition coefficient (Wildman–Crippen LogP) is 5.81. The van der Waals surface area contributed by atoms with E-state index >= 15 is 0 Å². The third-order valence-electron chi connectivity index (χ3n) is 5.57. The molecule has 0 saturated carbocycles. The molecule has 1 amide bonds. The molecule has 0 bridgehead atoms. The molecule has 0 aliphatic rings. The molecule has 0 radical (unpaired) electrons. The Labute approximate surface area is 215 Å². The average Bonchev–Trinajstić information content (AvgIpc) is 3.53. The molecular weight excluding hydrogens is 494 g/mol. The Balaban J connectivity index is 1.31. The van der Waals surface area contributed by atoms with E-state index in [1.54, 1.807) is 17.6 Å². The molecule has 2 heterocycles. The van der Waals surface area contributed by atoms with Crippen molar-refractivity contribution in [1.29, 1.82) is 5.26 Å². The van der Waals surface area contributed by atoms with Gasteiger partial charge in [0.25, 0.3) is 5.91 Å². The zero-order valence-corrected chi connectivity index (χ0v) is 20.3. The monoisotopic (exact) mass is 511 g/mol. The number of hydrogen-bond donors (Lipinski definition) is 2. The molecule has 0 aliphatic heterocycles. The van der Waals surface area contributed by atoms with Crippen LogP contribution in [0, 0.1) is 11.3 Å². The minimum Gasteiger partial charge on any atom is -0.507 e. The highest BCUT2D eigenvalue weighted by Crippen LogP contribution is 2.27. The van der Waals surface area contributed by atoms with Crippen LogP contribution in [0.2, 0.25) is 5.02 Å². The normalized spacial score (nSPS) is 11.1. The number of fused-ring (bicyclic) bond motifs is 1. The van der Waals surface area contributed by atoms with Crippen LogP contribution in [-0.2, 0) is 6.54 Å². The number of benzene rings is 3. The number of aromatic nitrogens is 2. The van der Waals surface area contributed by atoms with E-state index in [1.807, 2.05) is 60.8 Å². The van der Waals surface area contributed by atoms with Crippen LogP contribution in [0.5, 0.6) is 5.75 Å². The standard InChI is InChI=1S/C27H18ClN5O2S/c28-21-7-4-17(5-8-21)27-31-22(16-36-27)15-33-11-10-23-19(2-1-3-24(23)33)14-30-32-26(35)18-6-9-25(34)20(12-18)13-29/h1-12,14,16,34H,15H2,(H,32,35). The van der Waals surface area contributed by atoms with E-state index in [-0.39, 0.29) is 16.9 Å². The Morgan fingerprint density at radius 1 is 1.19 bits per heavy atom. The maximum atomic E-state index is 12.4. The molecule has 5 aromatic rings. The SMILES string of the molecule is N#Cc1cc(C(=O)NN=Cc2cccc3c2ccn3Cc2csc(-c3ccc(Cl)cc3)n2)ccc1O. The molecule has 5 rings (SSSR count). The summed E-state index contributed by atoms with van der Waals surface area (Å²) >= 11 is 7.58. The molecule has 0 fully saturated rings. The molecule has 36 heavy (non-hydrogen) atoms. The van der Waals surface area contributed by atoms with Gasteiger partial charge >= 0.3 is 0 Å². The quantitative estimate of drug-likeness (QED) is 0.222. The minimum atomic E-state index is -0.479. The third kappa shape index (κ3) is 4.84. The van der Waals surface area contributed by atoms with E-state index in [2.05, 4.69) is 20.5 Å². The van der Waals surface area contributed by atoms with E-state index < -0.39 is 5.91 Å². The van der Waals surface area contributed by atoms with E-state index in [9.17, 15) is 9.90 Å². The van der Waals surface area contributed by atoms with Gasteiger partial charge in [0.15, 0.2) is 0 Å². The molecule has 9 heteroatoms. The van der Waals surface area contributed by atoms with Crippen LogP contribution < -0.4 is 5.43 Å². The minimum absolute atomic E-state index is 0.0261. The van der Waals surface area contributed by atoms with Crippen molar-refractivity contribution in [1.82, 2.24) is 15.0 Å². The fourth-order valence-electron chi connectivity index (χ4n) is 3.77. The topological polar surface area (TPSA) is 103 Å². The van der Waals surface area contributed by atoms with Crippen molar-refractivity contribution in [2.75, 3.05) is 0 Å². The molecule has 3 aromatic carbocycles. The van der Waals surface area contributed by atoms with Crippen LogP contribution in [0.3, 0.4) is 0 Å². The summed E-state index contributed by atoms with van der Waals surface area (Å²) in [6.07, 6.45) is 3.58. The summed E-state index contributed by atoms with van der Waals surface area (Å²) in [5.74, 6) is -0.653. The van der Waals surface area contributed by atoms with Gasteiger partial charge in [0.2, 0.25) is 0 Å². The van der Waals surface area contributed by atoms with Gasteiger partial charge in [-0.25, -0.2) is 10.4 Å². The highest BCUT2D eigenvalue weighted by molar-refractivity contribution is 7.13. The lowest BCUT2D eigenvalue weighted by atomic mass is 10.1. The number of amides is 1. The number of aromatic hydroxyl groups is 1. The van der Waals surface area contributed by atoms with Crippen LogP contribution in [0.25, 0.3) is 21.5 Å². The Bertz CT molecular complexity index is 1650. The Hall–Kier alpha value is -4.45. The number of hydrazone groups is 1. The van der Waals surface area contributed by atoms with Crippen LogP contribution in [-0.4, -0.2) is 26.8 Å². The van der Waals surface area contributed by atoms with Crippen molar-refractivity contribution in [3.8, 4) is 22.4 Å². The van der Waals surface area contributed by atoms with Gasteiger partial charge in [0.1, 0.15) is 16.8 Å². The number of phenolic OH excluding ortho intramolecular Hbond substituents is 1. The maximum absolute atomic E-state index is 12.4. The predicted molar refractivity (Wildman–Crippen MR) is 141 cm³/mol. The lowest BCUT2D eigenvalue weighted by Crippen LogP contribution is -2.17. The number of carbonyl (C=O) groups excluding carboxylic acids is 1. The van der Waals surface area contributed by atoms with Gasteiger partial charge in [0, 0.05) is 44.2 Å². The summed E-state index contributed by atoms with van der Waals surface area (Å²) in [6.45, 7) is 0.618. The van der Waals surface area contributed by atoms with Crippen molar-refractivity contribution >= 4 is 46.0 Å². The number of carbonyl (C=O) groups is 1. The summed E-state index contributed by atoms with van der Waals surface area (Å²) in [5.41, 5.74) is 6.57. The first-order valence-corrected chi connectivity index (χ1v) is 12.1. The van der Waals surface area contributed by atoms with Crippen LogP contribution in [0.4, 0.5) is 0 Å². The lowest BCUT2D eigenvalue weighted by Gasteiger charge is -2.04. The van der Waals surface area contributed by atoms with E-state index in [4.69, 9.17) is 21.8 Å². The fraction of sp³-hybridized carbons (Fsp3) is 0.0370. The van der Waals surface area contributed by atoms with Crippen molar-refractivity contribution in [3.05, 3.63) is 106 Å². The van der Waals surface area contributed by atoms with Crippen LogP contribution in [0.1, 0.15) is 27.2 Å². The number of nitrogens with zero attached hydrogens (tertiary/aromatic N) is 4. The molecule has 0 spiro atoms. The zero-order valence-electron chi connectivity index (χ0n) is 18.7. The molecule has 2 aromatic heterocycles. The smallest absolute Gasteiger partial charge is 0.271 e. The molecule has 0 unspecified atom stereocenters. The molecule has 0 aliphatic carbocycles. The van der Waals surface area contributed by atoms with Gasteiger partial charge in [-0.1, -0.05) is 35.9 Å². The van der Waals surface area contributed by atoms with E-state index in [1.165, 1.54) is 18.2 Å². The molecule has 2 N–H and O–H groups in total. The zero-order chi connectivity index (χ0) is 25.1. The van der Waals surface area contributed by atoms with Gasteiger partial charge in [0.05, 0.1) is 24.0 Å². The van der Waals surface area contributed by atoms with Crippen molar-refractivity contribution in [2.24, 2.45) is 5.10 Å². The number of hydrogen-bond acceptors (Lipinski definition) is 6. The van der Waals surface area contributed by atoms with Gasteiger partial charge in [-0.05, 0) is 42.5 Å². The first kappa shape index (κ1) is 23.3. The largest absolute Gasteiger partial charge is 0.507 e. The van der Waals surface area contributed by atoms with Crippen LogP contribution in [0.15, 0.2) is 83.4 Å². The molecule has 7 nitrogen and oxygen atoms in total. The summed E-state index contributed by atoms with van der Waals surface area (Å²) in [6, 6.07) is 21.4. The second kappa shape index (κ2) is 10.0. The first-order chi connectivity index (χ1) is 17.5. The van der Waals surface area contributed by atoms with Crippen LogP contribution >= 0.6 is 22.9 Å². The number of nitriles is 1. The summed E-state index contributed by atoms with van der Waals surface area (Å²) in [4.78, 5) is 17.1. The van der Waals surface area contributed by atoms with E-state index in [0.717, 1.165) is 32.7 Å². The van der Waals surface area contributed by atoms with Crippen molar-refractivity contribution in [2.45, 2.75) is 6.54 Å². The summed E-state index contributed by atoms with van der Waals surface area (Å²) < 4.78 is 2.12. The number of nitrogens with one attached hydrogen (secondary N) is 1. The number of phenols is 1. The third-order valence-corrected chi connectivity index (χ3v) is 6.76. The number of rotatable bonds is 6. The van der Waals surface area contributed by atoms with Crippen molar-refractivity contribution in [3.63, 3.8) is 0 Å². The van der Waals surface area contributed by atoms with Gasteiger partial charge in [-0.3, -0.25) is 4.79 Å². The number of thiazole rings is 1. The highest BCUT2D eigenvalue weighted by atomic mass is 35.5. The van der Waals surface area contributed by atoms with E-state index in [0.29, 0.717) is 11.6 Å². The lowest BCUT2D eigenvalue weighted by molar-refractivity contribution is 0.0955. The molecular formula is C27H18ClN5O2S. The van der Waals surface area contributed by atoms with Crippen molar-refractivity contribution < 1.29 is 9.90 Å². The fourth-order valence-corrected chi connectivity index (χ4v) is 4.71. The highest BCUT2D eigenvalue weighted by Gasteiger charge is 2.10. The first-order valence-electron chi connectivity index (χ1n) is 10.9. The van der Waals surface area contributed by atoms with Gasteiger partial charge in [-0.15, -0.1) is 11.3 Å².